The van der Waals surface area contributed by atoms with Crippen molar-refractivity contribution in [1.29, 1.82) is 0 Å². The van der Waals surface area contributed by atoms with Crippen molar-refractivity contribution in [1.82, 2.24) is 9.97 Å². The fraction of sp³-hybridized carbons (Fsp3) is 0. The van der Waals surface area contributed by atoms with Gasteiger partial charge in [0.2, 0.25) is 0 Å². The minimum atomic E-state index is 0.699. The van der Waals surface area contributed by atoms with Crippen molar-refractivity contribution in [3.05, 3.63) is 206 Å². The molecule has 0 saturated carbocycles. The maximum absolute atomic E-state index is 5.29. The fourth-order valence-electron chi connectivity index (χ4n) is 7.50. The molecule has 8 aromatic carbocycles. The van der Waals surface area contributed by atoms with Crippen molar-refractivity contribution < 1.29 is 0 Å². The molecule has 0 bridgehead atoms. The van der Waals surface area contributed by atoms with Crippen LogP contribution in [0.2, 0.25) is 0 Å². The normalized spacial score (nSPS) is 11.3. The van der Waals surface area contributed by atoms with Gasteiger partial charge in [-0.2, -0.15) is 0 Å². The van der Waals surface area contributed by atoms with Crippen LogP contribution in [0.3, 0.4) is 0 Å². The largest absolute Gasteiger partial charge is 0.228 e. The zero-order valence-corrected chi connectivity index (χ0v) is 30.7. The Labute approximate surface area is 324 Å². The highest BCUT2D eigenvalue weighted by atomic mass is 32.1. The molecule has 0 saturated heterocycles. The van der Waals surface area contributed by atoms with Crippen molar-refractivity contribution in [2.24, 2.45) is 0 Å². The van der Waals surface area contributed by atoms with Crippen molar-refractivity contribution in [2.75, 3.05) is 0 Å². The van der Waals surface area contributed by atoms with Crippen LogP contribution in [-0.2, 0) is 0 Å². The van der Waals surface area contributed by atoms with Crippen molar-refractivity contribution >= 4 is 31.5 Å². The lowest BCUT2D eigenvalue weighted by Gasteiger charge is -2.14. The maximum Gasteiger partial charge on any atom is 0.160 e. The maximum atomic E-state index is 5.29. The zero-order valence-electron chi connectivity index (χ0n) is 29.9. The summed E-state index contributed by atoms with van der Waals surface area (Å²) in [7, 11) is 0. The Morgan fingerprint density at radius 2 is 0.764 bits per heavy atom. The minimum Gasteiger partial charge on any atom is -0.228 e. The third-order valence-electron chi connectivity index (χ3n) is 10.3. The average Bonchev–Trinajstić information content (AvgIpc) is 3.66. The molecule has 0 spiro atoms. The lowest BCUT2D eigenvalue weighted by Crippen LogP contribution is -1.96. The smallest absolute Gasteiger partial charge is 0.160 e. The van der Waals surface area contributed by atoms with Gasteiger partial charge in [-0.15, -0.1) is 11.3 Å². The molecule has 55 heavy (non-hydrogen) atoms. The Balaban J connectivity index is 1.18. The Morgan fingerprint density at radius 3 is 1.49 bits per heavy atom. The molecule has 2 heterocycles. The topological polar surface area (TPSA) is 25.8 Å². The molecule has 0 N–H and O–H groups in total. The highest BCUT2D eigenvalue weighted by molar-refractivity contribution is 7.26. The monoisotopic (exact) mass is 718 g/mol. The number of rotatable bonds is 7. The number of hydrogen-bond donors (Lipinski definition) is 0. The number of fused-ring (bicyclic) bond motifs is 3. The Kier molecular flexibility index (Phi) is 8.40. The first-order valence-corrected chi connectivity index (χ1v) is 19.4. The lowest BCUT2D eigenvalue weighted by molar-refractivity contribution is 1.18. The molecule has 0 aliphatic heterocycles. The van der Waals surface area contributed by atoms with E-state index in [4.69, 9.17) is 9.97 Å². The zero-order chi connectivity index (χ0) is 36.6. The quantitative estimate of drug-likeness (QED) is 0.164. The lowest BCUT2D eigenvalue weighted by atomic mass is 9.92. The number of thiophene rings is 1. The van der Waals surface area contributed by atoms with Crippen molar-refractivity contribution in [3.8, 4) is 78.4 Å². The van der Waals surface area contributed by atoms with Gasteiger partial charge < -0.3 is 0 Å². The van der Waals surface area contributed by atoms with Crippen LogP contribution in [0.15, 0.2) is 206 Å². The second-order valence-electron chi connectivity index (χ2n) is 13.8. The van der Waals surface area contributed by atoms with Crippen LogP contribution >= 0.6 is 11.3 Å². The van der Waals surface area contributed by atoms with Crippen LogP contribution in [0.5, 0.6) is 0 Å². The van der Waals surface area contributed by atoms with E-state index in [0.717, 1.165) is 44.8 Å². The van der Waals surface area contributed by atoms with Crippen molar-refractivity contribution in [2.45, 2.75) is 0 Å². The molecule has 3 heteroatoms. The molecule has 0 fully saturated rings. The molecular weight excluding hydrogens is 685 g/mol. The van der Waals surface area contributed by atoms with Gasteiger partial charge in [-0.05, 0) is 80.9 Å². The Hall–Kier alpha value is -6.94. The van der Waals surface area contributed by atoms with E-state index in [1.54, 1.807) is 0 Å². The summed E-state index contributed by atoms with van der Waals surface area (Å²) in [5.74, 6) is 0.699. The van der Waals surface area contributed by atoms with E-state index < -0.39 is 0 Å². The summed E-state index contributed by atoms with van der Waals surface area (Å²) < 4.78 is 2.58. The summed E-state index contributed by atoms with van der Waals surface area (Å²) in [6.07, 6.45) is 0. The van der Waals surface area contributed by atoms with E-state index in [0.29, 0.717) is 5.82 Å². The van der Waals surface area contributed by atoms with Crippen LogP contribution < -0.4 is 0 Å². The van der Waals surface area contributed by atoms with Crippen LogP contribution in [0.25, 0.3) is 98.6 Å². The van der Waals surface area contributed by atoms with E-state index in [1.807, 2.05) is 29.5 Å². The first-order chi connectivity index (χ1) is 27.2. The Morgan fingerprint density at radius 1 is 0.291 bits per heavy atom. The molecule has 2 aromatic heterocycles. The predicted octanol–water partition coefficient (Wildman–Crippen LogP) is 14.5. The highest BCUT2D eigenvalue weighted by Crippen LogP contribution is 2.42. The van der Waals surface area contributed by atoms with E-state index in [2.05, 4.69) is 188 Å². The molecule has 0 unspecified atom stereocenters. The molecule has 0 aliphatic carbocycles. The Bertz CT molecular complexity index is 2950. The molecule has 0 amide bonds. The van der Waals surface area contributed by atoms with Crippen molar-refractivity contribution in [3.63, 3.8) is 0 Å². The fourth-order valence-corrected chi connectivity index (χ4v) is 8.74. The standard InChI is InChI=1S/C52H34N2S/c1-4-14-35(15-5-1)37-26-28-38(29-27-37)48-34-49(54-52(53-48)39-18-8-3-9-19-39)44-32-42(41-21-12-20-40(30-41)36-16-6-2-7-17-36)31-43(33-44)45-23-13-24-47-46-22-10-11-25-50(46)55-51(45)47/h1-34H. The van der Waals surface area contributed by atoms with Gasteiger partial charge in [0.1, 0.15) is 0 Å². The molecule has 0 aliphatic rings. The highest BCUT2D eigenvalue weighted by Gasteiger charge is 2.16. The van der Waals surface area contributed by atoms with Crippen LogP contribution in [-0.4, -0.2) is 9.97 Å². The summed E-state index contributed by atoms with van der Waals surface area (Å²) in [5.41, 5.74) is 14.2. The molecule has 0 radical (unpaired) electrons. The molecule has 10 rings (SSSR count). The van der Waals surface area contributed by atoms with Crippen LogP contribution in [0.1, 0.15) is 0 Å². The minimum absolute atomic E-state index is 0.699. The number of benzene rings is 8. The SMILES string of the molecule is c1ccc(-c2ccc(-c3cc(-c4cc(-c5cccc(-c6ccccc6)c5)cc(-c5cccc6c5sc5ccccc56)c4)nc(-c4ccccc4)n3)cc2)cc1. The summed E-state index contributed by atoms with van der Waals surface area (Å²) >= 11 is 1.86. The second kappa shape index (κ2) is 14.1. The summed E-state index contributed by atoms with van der Waals surface area (Å²) in [6.45, 7) is 0. The molecular formula is C52H34N2S. The molecule has 2 nitrogen and oxygen atoms in total. The summed E-state index contributed by atoms with van der Waals surface area (Å²) in [4.78, 5) is 10.5. The second-order valence-corrected chi connectivity index (χ2v) is 14.8. The van der Waals surface area contributed by atoms with Gasteiger partial charge in [0, 0.05) is 36.9 Å². The third kappa shape index (κ3) is 6.41. The summed E-state index contributed by atoms with van der Waals surface area (Å²) in [5, 5.41) is 2.58. The van der Waals surface area contributed by atoms with Crippen LogP contribution in [0.4, 0.5) is 0 Å². The summed E-state index contributed by atoms with van der Waals surface area (Å²) in [6, 6.07) is 73.4. The van der Waals surface area contributed by atoms with Crippen LogP contribution in [0, 0.1) is 0 Å². The first kappa shape index (κ1) is 32.7. The van der Waals surface area contributed by atoms with E-state index in [1.165, 1.54) is 48.0 Å². The molecule has 258 valence electrons. The van der Waals surface area contributed by atoms with Gasteiger partial charge in [-0.3, -0.25) is 0 Å². The van der Waals surface area contributed by atoms with Gasteiger partial charge in [-0.25, -0.2) is 9.97 Å². The number of hydrogen-bond acceptors (Lipinski definition) is 3. The van der Waals surface area contributed by atoms with E-state index in [-0.39, 0.29) is 0 Å². The van der Waals surface area contributed by atoms with Gasteiger partial charge in [0.15, 0.2) is 5.82 Å². The average molecular weight is 719 g/mol. The molecule has 10 aromatic rings. The van der Waals surface area contributed by atoms with Gasteiger partial charge in [0.25, 0.3) is 0 Å². The van der Waals surface area contributed by atoms with Gasteiger partial charge in [-0.1, -0.05) is 170 Å². The van der Waals surface area contributed by atoms with E-state index in [9.17, 15) is 0 Å². The number of nitrogens with zero attached hydrogens (tertiary/aromatic N) is 2. The molecule has 0 atom stereocenters. The first-order valence-electron chi connectivity index (χ1n) is 18.6. The van der Waals surface area contributed by atoms with E-state index >= 15 is 0 Å². The predicted molar refractivity (Wildman–Crippen MR) is 233 cm³/mol. The number of aromatic nitrogens is 2. The van der Waals surface area contributed by atoms with Gasteiger partial charge in [0.05, 0.1) is 11.4 Å². The van der Waals surface area contributed by atoms with Gasteiger partial charge >= 0.3 is 0 Å². The third-order valence-corrected chi connectivity index (χ3v) is 11.5.